The second-order valence-electron chi connectivity index (χ2n) is 9.50. The van der Waals surface area contributed by atoms with E-state index >= 15 is 0 Å². The quantitative estimate of drug-likeness (QED) is 0.608. The molecular weight excluding hydrogens is 248 g/mol. The van der Waals surface area contributed by atoms with Crippen LogP contribution in [0, 0.1) is 10.8 Å². The average Bonchev–Trinajstić information content (AvgIpc) is 2.13. The van der Waals surface area contributed by atoms with Gasteiger partial charge in [-0.1, -0.05) is 27.7 Å². The van der Waals surface area contributed by atoms with E-state index < -0.39 is 0 Å². The molecule has 0 atom stereocenters. The lowest BCUT2D eigenvalue weighted by atomic mass is 9.60. The molecule has 2 heterocycles. The van der Waals surface area contributed by atoms with Gasteiger partial charge in [0.05, 0.1) is 22.4 Å². The molecule has 0 radical (unpaired) electrons. The van der Waals surface area contributed by atoms with E-state index in [1.54, 1.807) is 0 Å². The van der Waals surface area contributed by atoms with Gasteiger partial charge in [0.15, 0.2) is 0 Å². The lowest BCUT2D eigenvalue weighted by molar-refractivity contribution is -0.339. The Balaban J connectivity index is 0.000000200. The fraction of sp³-hybridized carbons (Fsp3) is 1.00. The van der Waals surface area contributed by atoms with Crippen molar-refractivity contribution in [1.29, 1.82) is 0 Å². The molecule has 2 aliphatic rings. The molecule has 0 saturated carbocycles. The van der Waals surface area contributed by atoms with Gasteiger partial charge < -0.3 is 9.47 Å². The lowest BCUT2D eigenvalue weighted by Gasteiger charge is -2.64. The minimum absolute atomic E-state index is 0.0521. The van der Waals surface area contributed by atoms with Gasteiger partial charge >= 0.3 is 0 Å². The minimum Gasteiger partial charge on any atom is -0.368 e. The first-order valence-electron chi connectivity index (χ1n) is 7.82. The number of ether oxygens (including phenoxy) is 2. The van der Waals surface area contributed by atoms with Crippen molar-refractivity contribution in [2.24, 2.45) is 10.8 Å². The molecule has 0 bridgehead atoms. The maximum Gasteiger partial charge on any atom is 0.0712 e. The Hall–Kier alpha value is -0.0800. The van der Waals surface area contributed by atoms with Crippen molar-refractivity contribution in [3.8, 4) is 0 Å². The third-order valence-corrected chi connectivity index (χ3v) is 7.04. The Morgan fingerprint density at radius 3 is 0.500 bits per heavy atom. The van der Waals surface area contributed by atoms with Crippen LogP contribution in [0.4, 0.5) is 0 Å². The van der Waals surface area contributed by atoms with E-state index in [-0.39, 0.29) is 22.4 Å². The smallest absolute Gasteiger partial charge is 0.0712 e. The highest BCUT2D eigenvalue weighted by Crippen LogP contribution is 2.56. The molecule has 2 aliphatic heterocycles. The summed E-state index contributed by atoms with van der Waals surface area (Å²) in [6, 6.07) is 0. The monoisotopic (exact) mass is 284 g/mol. The van der Waals surface area contributed by atoms with E-state index in [2.05, 4.69) is 83.1 Å². The largest absolute Gasteiger partial charge is 0.368 e. The van der Waals surface area contributed by atoms with Gasteiger partial charge in [0, 0.05) is 10.8 Å². The second kappa shape index (κ2) is 4.23. The van der Waals surface area contributed by atoms with Gasteiger partial charge in [-0.2, -0.15) is 0 Å². The number of hydrogen-bond acceptors (Lipinski definition) is 2. The summed E-state index contributed by atoms with van der Waals surface area (Å²) in [5, 5.41) is 0. The third kappa shape index (κ3) is 2.23. The van der Waals surface area contributed by atoms with E-state index in [4.69, 9.17) is 9.47 Å². The van der Waals surface area contributed by atoms with Crippen LogP contribution in [0.3, 0.4) is 0 Å². The maximum atomic E-state index is 5.73. The summed E-state index contributed by atoms with van der Waals surface area (Å²) in [5.74, 6) is 0. The highest BCUT2D eigenvalue weighted by Gasteiger charge is 2.61. The topological polar surface area (TPSA) is 18.5 Å². The predicted molar refractivity (Wildman–Crippen MR) is 86.0 cm³/mol. The van der Waals surface area contributed by atoms with E-state index in [1.165, 1.54) is 0 Å². The first kappa shape index (κ1) is 18.0. The predicted octanol–water partition coefficient (Wildman–Crippen LogP) is 5.20. The summed E-state index contributed by atoms with van der Waals surface area (Å²) in [5.41, 5.74) is 0.792. The number of hydrogen-bond donors (Lipinski definition) is 0. The summed E-state index contributed by atoms with van der Waals surface area (Å²) in [6.45, 7) is 26.3. The Kier molecular flexibility index (Phi) is 3.80. The van der Waals surface area contributed by atoms with E-state index in [0.29, 0.717) is 10.8 Å². The molecule has 2 heteroatoms. The molecule has 0 unspecified atom stereocenters. The van der Waals surface area contributed by atoms with E-state index in [9.17, 15) is 0 Å². The summed E-state index contributed by atoms with van der Waals surface area (Å²) < 4.78 is 11.5. The fourth-order valence-corrected chi connectivity index (χ4v) is 3.14. The number of rotatable bonds is 0. The van der Waals surface area contributed by atoms with Crippen LogP contribution in [0.5, 0.6) is 0 Å². The van der Waals surface area contributed by atoms with Crippen molar-refractivity contribution in [2.75, 3.05) is 0 Å². The van der Waals surface area contributed by atoms with Gasteiger partial charge in [0.1, 0.15) is 0 Å². The molecule has 0 aromatic rings. The Morgan fingerprint density at radius 2 is 0.500 bits per heavy atom. The van der Waals surface area contributed by atoms with Crippen LogP contribution in [0.15, 0.2) is 0 Å². The van der Waals surface area contributed by atoms with Crippen LogP contribution in [0.2, 0.25) is 0 Å². The van der Waals surface area contributed by atoms with Gasteiger partial charge in [-0.3, -0.25) is 0 Å². The van der Waals surface area contributed by atoms with Gasteiger partial charge in [-0.25, -0.2) is 0 Å². The first-order chi connectivity index (χ1) is 8.41. The zero-order chi connectivity index (χ0) is 16.4. The highest BCUT2D eigenvalue weighted by atomic mass is 16.6. The van der Waals surface area contributed by atoms with Crippen molar-refractivity contribution in [2.45, 2.75) is 105 Å². The minimum atomic E-state index is 0.0521. The van der Waals surface area contributed by atoms with Crippen LogP contribution >= 0.6 is 0 Å². The molecule has 2 rings (SSSR count). The summed E-state index contributed by atoms with van der Waals surface area (Å²) in [7, 11) is 0. The molecule has 0 N–H and O–H groups in total. The molecule has 0 amide bonds. The molecule has 2 fully saturated rings. The standard InChI is InChI=1S/2C9H18O/c2*1-7(2)8(3,4)10-9(7,5)6/h2*1-6H3. The average molecular weight is 284 g/mol. The SMILES string of the molecule is CC1(C)OC(C)(C)C1(C)C.CC1(C)OC(C)(C)C1(C)C. The normalized spacial score (nSPS) is 33.0. The summed E-state index contributed by atoms with van der Waals surface area (Å²) in [4.78, 5) is 0. The van der Waals surface area contributed by atoms with Crippen molar-refractivity contribution < 1.29 is 9.47 Å². The highest BCUT2D eigenvalue weighted by molar-refractivity contribution is 5.09. The van der Waals surface area contributed by atoms with Crippen LogP contribution in [-0.4, -0.2) is 22.4 Å². The molecule has 120 valence electrons. The van der Waals surface area contributed by atoms with Crippen molar-refractivity contribution in [3.63, 3.8) is 0 Å². The van der Waals surface area contributed by atoms with Crippen molar-refractivity contribution in [3.05, 3.63) is 0 Å². The Bertz CT molecular complexity index is 314. The van der Waals surface area contributed by atoms with Gasteiger partial charge in [-0.05, 0) is 55.4 Å². The van der Waals surface area contributed by atoms with Crippen molar-refractivity contribution in [1.82, 2.24) is 0 Å². The zero-order valence-electron chi connectivity index (χ0n) is 15.8. The molecule has 0 aliphatic carbocycles. The second-order valence-corrected chi connectivity index (χ2v) is 9.50. The van der Waals surface area contributed by atoms with Crippen LogP contribution < -0.4 is 0 Å². The van der Waals surface area contributed by atoms with Gasteiger partial charge in [0.2, 0.25) is 0 Å². The molecule has 0 aromatic carbocycles. The molecule has 2 saturated heterocycles. The summed E-state index contributed by atoms with van der Waals surface area (Å²) >= 11 is 0. The van der Waals surface area contributed by atoms with Gasteiger partial charge in [-0.15, -0.1) is 0 Å². The van der Waals surface area contributed by atoms with E-state index in [0.717, 1.165) is 0 Å². The van der Waals surface area contributed by atoms with E-state index in [1.807, 2.05) is 0 Å². The third-order valence-electron chi connectivity index (χ3n) is 7.04. The summed E-state index contributed by atoms with van der Waals surface area (Å²) in [6.07, 6.45) is 0. The zero-order valence-corrected chi connectivity index (χ0v) is 15.8. The Morgan fingerprint density at radius 1 is 0.350 bits per heavy atom. The van der Waals surface area contributed by atoms with Crippen LogP contribution in [0.25, 0.3) is 0 Å². The Labute approximate surface area is 126 Å². The van der Waals surface area contributed by atoms with Crippen LogP contribution in [-0.2, 0) is 9.47 Å². The molecule has 2 nitrogen and oxygen atoms in total. The van der Waals surface area contributed by atoms with Gasteiger partial charge in [0.25, 0.3) is 0 Å². The van der Waals surface area contributed by atoms with Crippen molar-refractivity contribution >= 4 is 0 Å². The lowest BCUT2D eigenvalue weighted by Crippen LogP contribution is -2.68. The van der Waals surface area contributed by atoms with Crippen LogP contribution in [0.1, 0.15) is 83.1 Å². The maximum absolute atomic E-state index is 5.73. The molecule has 0 aromatic heterocycles. The first-order valence-corrected chi connectivity index (χ1v) is 7.82. The molecule has 20 heavy (non-hydrogen) atoms. The fourth-order valence-electron chi connectivity index (χ4n) is 3.14. The molecular formula is C18H36O2. The molecule has 0 spiro atoms.